The zero-order chi connectivity index (χ0) is 50.9. The first-order chi connectivity index (χ1) is 32.0. The first kappa shape index (κ1) is 51.1. The highest BCUT2D eigenvalue weighted by Gasteiger charge is 2.37. The first-order valence-electron chi connectivity index (χ1n) is 21.9. The van der Waals surface area contributed by atoms with Gasteiger partial charge in [0.05, 0.1) is 39.4 Å². The number of hydrogen-bond donors (Lipinski definition) is 1. The Labute approximate surface area is 396 Å². The monoisotopic (exact) mass is 999 g/mol. The molecule has 0 saturated carbocycles. The smallest absolute Gasteiger partial charge is 0.358 e. The van der Waals surface area contributed by atoms with Gasteiger partial charge in [0.2, 0.25) is 40.2 Å². The van der Waals surface area contributed by atoms with Gasteiger partial charge >= 0.3 is 13.6 Å². The SMILES string of the molecule is CC1=CC(C)(C)N(C)c2cc3c(cc21)C(c1ccc(P(=O)(O)OCCCCCC(=O)Oc2c(F)c(F)c(F)c(F)c2F)cc1C(=O)N(C)CCS(=O)(=O)[O-])=c1cc2c(cc1O3)=[N+](C)C(C)(C)C=C2C. The molecular weight excluding hydrogens is 949 g/mol. The van der Waals surface area contributed by atoms with Crippen LogP contribution in [0.1, 0.15) is 99.8 Å². The summed E-state index contributed by atoms with van der Waals surface area (Å²) in [5.41, 5.74) is 5.25. The number of halogens is 5. The molecule has 3 aliphatic heterocycles. The molecule has 0 fully saturated rings. The van der Waals surface area contributed by atoms with Gasteiger partial charge in [0.25, 0.3) is 5.91 Å². The number of hydrogen-bond acceptors (Lipinski definition) is 10. The van der Waals surface area contributed by atoms with E-state index in [-0.39, 0.29) is 47.8 Å². The Morgan fingerprint density at radius 2 is 1.49 bits per heavy atom. The summed E-state index contributed by atoms with van der Waals surface area (Å²) < 4.78 is 136. The number of likely N-dealkylation sites (N-methyl/N-ethyl adjacent to an activating group) is 2. The third kappa shape index (κ3) is 9.89. The van der Waals surface area contributed by atoms with Gasteiger partial charge in [-0.3, -0.25) is 14.2 Å². The van der Waals surface area contributed by atoms with E-state index in [0.29, 0.717) is 33.4 Å². The Morgan fingerprint density at radius 3 is 2.14 bits per heavy atom. The van der Waals surface area contributed by atoms with Crippen LogP contribution < -0.4 is 34.8 Å². The molecule has 0 spiro atoms. The minimum Gasteiger partial charge on any atom is -0.748 e. The molecule has 0 aromatic heterocycles. The third-order valence-electron chi connectivity index (χ3n) is 12.9. The standard InChI is InChI=1S/C49H51F5N3O10PS/c1-26-24-48(3,4)56(8)35-22-37-33(20-30(26)35)40(34-21-31-27(2)25-49(5,6)57(9)36(31)23-38(34)66-37)29-15-14-28(19-32(29)47(59)55(7)16-18-69(62,63)64)68(60,61)65-17-12-10-11-13-39(58)67-46-44(53)42(51)41(50)43(52)45(46)54/h14-15,19-25H,10-13,16-18H2,1-9H3,(H-,60,61,62,63,64). The van der Waals surface area contributed by atoms with Crippen LogP contribution in [0.5, 0.6) is 17.2 Å². The molecule has 1 atom stereocenters. The molecule has 69 heavy (non-hydrogen) atoms. The van der Waals surface area contributed by atoms with Crippen molar-refractivity contribution in [3.05, 3.63) is 122 Å². The maximum atomic E-state index is 14.6. The number of fused-ring (bicyclic) bond motifs is 4. The van der Waals surface area contributed by atoms with Crippen molar-refractivity contribution in [3.8, 4) is 17.2 Å². The summed E-state index contributed by atoms with van der Waals surface area (Å²) in [5.74, 6) is -15.4. The van der Waals surface area contributed by atoms with Crippen molar-refractivity contribution in [2.45, 2.75) is 78.3 Å². The zero-order valence-electron chi connectivity index (χ0n) is 39.4. The summed E-state index contributed by atoms with van der Waals surface area (Å²) in [6.07, 6.45) is 3.92. The lowest BCUT2D eigenvalue weighted by molar-refractivity contribution is -0.135. The van der Waals surface area contributed by atoms with Crippen LogP contribution >= 0.6 is 7.60 Å². The molecule has 1 unspecified atom stereocenters. The number of amides is 1. The van der Waals surface area contributed by atoms with Gasteiger partial charge in [0.15, 0.2) is 5.54 Å². The average Bonchev–Trinajstić information content (AvgIpc) is 3.27. The fourth-order valence-electron chi connectivity index (χ4n) is 8.78. The van der Waals surface area contributed by atoms with Crippen molar-refractivity contribution in [2.24, 2.45) is 0 Å². The summed E-state index contributed by atoms with van der Waals surface area (Å²) >= 11 is 0. The van der Waals surface area contributed by atoms with Crippen LogP contribution in [0.15, 0.2) is 54.6 Å². The number of unbranched alkanes of at least 4 members (excludes halogenated alkanes) is 2. The number of carbonyl (C=O) groups excluding carboxylic acids is 2. The Bertz CT molecular complexity index is 3200. The molecule has 3 heterocycles. The van der Waals surface area contributed by atoms with Gasteiger partial charge in [-0.2, -0.15) is 8.78 Å². The average molecular weight is 1000 g/mol. The minimum absolute atomic E-state index is 0.0313. The molecule has 1 amide bonds. The maximum absolute atomic E-state index is 14.6. The van der Waals surface area contributed by atoms with E-state index in [4.69, 9.17) is 9.26 Å². The Morgan fingerprint density at radius 1 is 0.855 bits per heavy atom. The van der Waals surface area contributed by atoms with Crippen LogP contribution in [-0.2, 0) is 24.0 Å². The molecule has 20 heteroatoms. The minimum atomic E-state index is -4.76. The van der Waals surface area contributed by atoms with Gasteiger partial charge in [-0.25, -0.2) is 26.2 Å². The Hall–Kier alpha value is -5.72. The molecule has 13 nitrogen and oxygen atoms in total. The van der Waals surface area contributed by atoms with Gasteiger partial charge in [-0.15, -0.1) is 0 Å². The van der Waals surface area contributed by atoms with Gasteiger partial charge in [0, 0.05) is 85.7 Å². The zero-order valence-corrected chi connectivity index (χ0v) is 41.1. The van der Waals surface area contributed by atoms with Crippen LogP contribution in [0, 0.1) is 29.1 Å². The summed E-state index contributed by atoms with van der Waals surface area (Å²) in [6, 6.07) is 11.9. The number of benzene rings is 4. The van der Waals surface area contributed by atoms with E-state index in [9.17, 15) is 54.0 Å². The molecule has 0 bridgehead atoms. The Kier molecular flexibility index (Phi) is 13.7. The van der Waals surface area contributed by atoms with Crippen molar-refractivity contribution >= 4 is 57.3 Å². The highest BCUT2D eigenvalue weighted by molar-refractivity contribution is 7.85. The number of anilines is 1. The molecule has 0 aliphatic carbocycles. The highest BCUT2D eigenvalue weighted by atomic mass is 32.2. The largest absolute Gasteiger partial charge is 0.748 e. The summed E-state index contributed by atoms with van der Waals surface area (Å²) in [5, 5.41) is 1.18. The van der Waals surface area contributed by atoms with Crippen molar-refractivity contribution in [1.82, 2.24) is 9.48 Å². The molecular formula is C49H51F5N3O10PS. The molecule has 4 aromatic rings. The molecule has 7 rings (SSSR count). The third-order valence-corrected chi connectivity index (χ3v) is 15.1. The lowest BCUT2D eigenvalue weighted by Gasteiger charge is -2.41. The van der Waals surface area contributed by atoms with Crippen LogP contribution in [0.25, 0.3) is 16.7 Å². The van der Waals surface area contributed by atoms with E-state index in [1.54, 1.807) is 0 Å². The van der Waals surface area contributed by atoms with Gasteiger partial charge in [-0.1, -0.05) is 18.6 Å². The second-order valence-electron chi connectivity index (χ2n) is 18.5. The van der Waals surface area contributed by atoms with E-state index in [1.807, 2.05) is 52.2 Å². The van der Waals surface area contributed by atoms with Crippen LogP contribution in [0.3, 0.4) is 0 Å². The lowest BCUT2D eigenvalue weighted by atomic mass is 9.83. The van der Waals surface area contributed by atoms with Gasteiger partial charge in [-0.05, 0) is 87.6 Å². The van der Waals surface area contributed by atoms with Crippen LogP contribution in [0.4, 0.5) is 27.6 Å². The summed E-state index contributed by atoms with van der Waals surface area (Å²) in [4.78, 5) is 41.4. The van der Waals surface area contributed by atoms with Crippen molar-refractivity contribution < 1.29 is 68.0 Å². The normalized spacial score (nSPS) is 16.6. The van der Waals surface area contributed by atoms with Crippen LogP contribution in [0.2, 0.25) is 0 Å². The molecule has 3 aliphatic rings. The number of allylic oxidation sites excluding steroid dienone is 2. The molecule has 1 N–H and O–H groups in total. The molecule has 0 saturated heterocycles. The lowest BCUT2D eigenvalue weighted by Crippen LogP contribution is -2.47. The van der Waals surface area contributed by atoms with Crippen LogP contribution in [-0.4, -0.2) is 85.8 Å². The second-order valence-corrected chi connectivity index (χ2v) is 21.9. The molecule has 368 valence electrons. The second kappa shape index (κ2) is 18.6. The van der Waals surface area contributed by atoms with E-state index >= 15 is 0 Å². The number of esters is 1. The number of rotatable bonds is 14. The van der Waals surface area contributed by atoms with E-state index in [2.05, 4.69) is 54.1 Å². The van der Waals surface area contributed by atoms with Crippen molar-refractivity contribution in [3.63, 3.8) is 0 Å². The van der Waals surface area contributed by atoms with E-state index in [0.717, 1.165) is 38.2 Å². The fraction of sp³-hybridized carbons (Fsp3) is 0.367. The van der Waals surface area contributed by atoms with Gasteiger partial charge in [0.1, 0.15) is 18.5 Å². The first-order valence-corrected chi connectivity index (χ1v) is 25.0. The topological polar surface area (TPSA) is 166 Å². The van der Waals surface area contributed by atoms with Crippen molar-refractivity contribution in [1.29, 1.82) is 0 Å². The summed E-state index contributed by atoms with van der Waals surface area (Å²) in [6.45, 7) is 11.5. The Balaban J connectivity index is 1.27. The predicted octanol–water partition coefficient (Wildman–Crippen LogP) is 7.29. The summed E-state index contributed by atoms with van der Waals surface area (Å²) in [7, 11) is -4.25. The number of nitrogens with zero attached hydrogens (tertiary/aromatic N) is 3. The molecule has 4 aromatic carbocycles. The highest BCUT2D eigenvalue weighted by Crippen LogP contribution is 2.47. The number of carbonyl (C=O) groups is 2. The maximum Gasteiger partial charge on any atom is 0.358 e. The number of ether oxygens (including phenoxy) is 2. The van der Waals surface area contributed by atoms with E-state index < -0.39 is 83.1 Å². The fourth-order valence-corrected chi connectivity index (χ4v) is 10.4. The molecule has 0 radical (unpaired) electrons. The van der Waals surface area contributed by atoms with E-state index in [1.165, 1.54) is 25.2 Å². The predicted molar refractivity (Wildman–Crippen MR) is 249 cm³/mol. The van der Waals surface area contributed by atoms with Gasteiger partial charge < -0.3 is 33.2 Å². The van der Waals surface area contributed by atoms with Crippen molar-refractivity contribution in [2.75, 3.05) is 44.9 Å². The quantitative estimate of drug-likeness (QED) is 0.0137.